The van der Waals surface area contributed by atoms with Crippen LogP contribution < -0.4 is 5.73 Å². The van der Waals surface area contributed by atoms with Crippen LogP contribution in [0.1, 0.15) is 27.2 Å². The minimum Gasteiger partial charge on any atom is -0.468 e. The minimum absolute atomic E-state index is 0.0106. The van der Waals surface area contributed by atoms with Crippen molar-refractivity contribution in [3.8, 4) is 0 Å². The largest absolute Gasteiger partial charge is 0.468 e. The van der Waals surface area contributed by atoms with Gasteiger partial charge in [0.1, 0.15) is 6.04 Å². The topological polar surface area (TPSA) is 80.0 Å². The lowest BCUT2D eigenvalue weighted by atomic mass is 10.1. The smallest absolute Gasteiger partial charge is 0.325 e. The van der Waals surface area contributed by atoms with Gasteiger partial charge in [-0.15, -0.1) is 0 Å². The summed E-state index contributed by atoms with van der Waals surface area (Å²) in [6.45, 7) is 10.6. The summed E-state index contributed by atoms with van der Waals surface area (Å²) >= 11 is 0. The molecule has 6 nitrogen and oxygen atoms in total. The molecule has 0 aliphatic rings. The van der Waals surface area contributed by atoms with Crippen molar-refractivity contribution in [3.05, 3.63) is 0 Å². The van der Waals surface area contributed by atoms with Gasteiger partial charge in [0.25, 0.3) is 0 Å². The molecule has 0 radical (unpaired) electrons. The normalized spacial score (nSPS) is 15.9. The van der Waals surface area contributed by atoms with Gasteiger partial charge in [-0.05, 0) is 18.1 Å². The number of hydrogen-bond acceptors (Lipinski definition) is 6. The van der Waals surface area contributed by atoms with Crippen molar-refractivity contribution >= 4 is 14.3 Å². The van der Waals surface area contributed by atoms with Crippen molar-refractivity contribution in [1.29, 1.82) is 0 Å². The van der Waals surface area contributed by atoms with Crippen LogP contribution in [0.2, 0.25) is 18.1 Å². The number of nitrogens with two attached hydrogens (primary N) is 1. The van der Waals surface area contributed by atoms with Crippen LogP contribution in [-0.2, 0) is 23.4 Å². The molecule has 0 aliphatic heterocycles. The molecule has 126 valence electrons. The highest BCUT2D eigenvalue weighted by Crippen LogP contribution is 2.38. The van der Waals surface area contributed by atoms with Gasteiger partial charge in [0.05, 0.1) is 13.2 Å². The van der Waals surface area contributed by atoms with Crippen LogP contribution in [0.25, 0.3) is 0 Å². The van der Waals surface area contributed by atoms with Gasteiger partial charge in [-0.25, -0.2) is 0 Å². The quantitative estimate of drug-likeness (QED) is 0.418. The van der Waals surface area contributed by atoms with Crippen molar-refractivity contribution in [1.82, 2.24) is 0 Å². The molecule has 2 atom stereocenters. The van der Waals surface area contributed by atoms with Gasteiger partial charge in [-0.1, -0.05) is 20.8 Å². The number of esters is 1. The summed E-state index contributed by atoms with van der Waals surface area (Å²) in [5.74, 6) is -0.496. The van der Waals surface area contributed by atoms with Crippen molar-refractivity contribution in [3.63, 3.8) is 0 Å². The van der Waals surface area contributed by atoms with E-state index in [-0.39, 0.29) is 5.04 Å². The van der Waals surface area contributed by atoms with E-state index in [1.54, 1.807) is 14.2 Å². The Hall–Kier alpha value is -0.473. The molecular formula is C14H31NO5Si. The SMILES string of the molecule is COC(=O)[C@H](N)[C@@H](CC(OC)OC)O[Si](C)(C)C(C)(C)C. The molecule has 0 bridgehead atoms. The number of ether oxygens (including phenoxy) is 3. The van der Waals surface area contributed by atoms with Crippen LogP contribution in [-0.4, -0.2) is 54.1 Å². The summed E-state index contributed by atoms with van der Waals surface area (Å²) in [7, 11) is 2.32. The zero-order chi connectivity index (χ0) is 16.8. The molecule has 0 aliphatic carbocycles. The molecule has 21 heavy (non-hydrogen) atoms. The molecule has 0 saturated heterocycles. The maximum Gasteiger partial charge on any atom is 0.325 e. The van der Waals surface area contributed by atoms with Crippen LogP contribution in [0, 0.1) is 0 Å². The average molecular weight is 321 g/mol. The van der Waals surface area contributed by atoms with E-state index in [9.17, 15) is 4.79 Å². The van der Waals surface area contributed by atoms with Crippen LogP contribution in [0.3, 0.4) is 0 Å². The van der Waals surface area contributed by atoms with Gasteiger partial charge in [-0.3, -0.25) is 4.79 Å². The average Bonchev–Trinajstić information content (AvgIpc) is 2.40. The Morgan fingerprint density at radius 1 is 1.14 bits per heavy atom. The van der Waals surface area contributed by atoms with Gasteiger partial charge >= 0.3 is 5.97 Å². The molecule has 7 heteroatoms. The van der Waals surface area contributed by atoms with Crippen LogP contribution >= 0.6 is 0 Å². The first-order chi connectivity index (χ1) is 9.50. The summed E-state index contributed by atoms with van der Waals surface area (Å²) in [5.41, 5.74) is 5.99. The van der Waals surface area contributed by atoms with E-state index in [0.29, 0.717) is 6.42 Å². The Bertz CT molecular complexity index is 326. The lowest BCUT2D eigenvalue weighted by Crippen LogP contribution is -2.53. The Kier molecular flexibility index (Phi) is 8.05. The van der Waals surface area contributed by atoms with Crippen LogP contribution in [0.15, 0.2) is 0 Å². The molecule has 0 aromatic rings. The van der Waals surface area contributed by atoms with E-state index >= 15 is 0 Å². The third-order valence-electron chi connectivity index (χ3n) is 4.08. The standard InChI is InChI=1S/C14H31NO5Si/c1-14(2,3)21(7,8)20-10(9-11(17-4)18-5)12(15)13(16)19-6/h10-12H,9,15H2,1-8H3/t10-,12-/m1/s1. The Morgan fingerprint density at radius 3 is 1.95 bits per heavy atom. The fourth-order valence-corrected chi connectivity index (χ4v) is 2.94. The summed E-state index contributed by atoms with van der Waals surface area (Å²) in [5, 5.41) is 0.0106. The summed E-state index contributed by atoms with van der Waals surface area (Å²) < 4.78 is 21.4. The van der Waals surface area contributed by atoms with E-state index in [1.807, 2.05) is 0 Å². The molecule has 0 unspecified atom stereocenters. The summed E-state index contributed by atoms with van der Waals surface area (Å²) in [6, 6.07) is -0.864. The summed E-state index contributed by atoms with van der Waals surface area (Å²) in [4.78, 5) is 11.8. The van der Waals surface area contributed by atoms with E-state index < -0.39 is 32.7 Å². The molecule has 0 spiro atoms. The van der Waals surface area contributed by atoms with Crippen LogP contribution in [0.4, 0.5) is 0 Å². The molecule has 0 aromatic carbocycles. The first kappa shape index (κ1) is 20.5. The minimum atomic E-state index is -2.08. The predicted molar refractivity (Wildman–Crippen MR) is 84.5 cm³/mol. The first-order valence-corrected chi connectivity index (χ1v) is 9.97. The Labute approximate surface area is 129 Å². The summed E-state index contributed by atoms with van der Waals surface area (Å²) in [6.07, 6.45) is -0.616. The second-order valence-corrected chi connectivity index (χ2v) is 11.4. The Morgan fingerprint density at radius 2 is 1.62 bits per heavy atom. The molecule has 2 N–H and O–H groups in total. The second-order valence-electron chi connectivity index (χ2n) is 6.60. The van der Waals surface area contributed by atoms with Crippen molar-refractivity contribution in [2.45, 2.75) is 63.8 Å². The van der Waals surface area contributed by atoms with Crippen molar-refractivity contribution < 1.29 is 23.4 Å². The van der Waals surface area contributed by atoms with Gasteiger partial charge in [-0.2, -0.15) is 0 Å². The lowest BCUT2D eigenvalue weighted by molar-refractivity contribution is -0.149. The fraction of sp³-hybridized carbons (Fsp3) is 0.929. The van der Waals surface area contributed by atoms with Crippen molar-refractivity contribution in [2.24, 2.45) is 5.73 Å². The van der Waals surface area contributed by atoms with E-state index in [4.69, 9.17) is 24.4 Å². The lowest BCUT2D eigenvalue weighted by Gasteiger charge is -2.40. The third kappa shape index (κ3) is 6.04. The molecular weight excluding hydrogens is 290 g/mol. The number of methoxy groups -OCH3 is 3. The highest BCUT2D eigenvalue weighted by Gasteiger charge is 2.42. The number of carbonyl (C=O) groups excluding carboxylic acids is 1. The molecule has 0 saturated carbocycles. The van der Waals surface area contributed by atoms with E-state index in [2.05, 4.69) is 33.9 Å². The fourth-order valence-electron chi connectivity index (χ4n) is 1.59. The van der Waals surface area contributed by atoms with E-state index in [0.717, 1.165) is 0 Å². The highest BCUT2D eigenvalue weighted by molar-refractivity contribution is 6.74. The molecule has 0 aromatic heterocycles. The van der Waals surface area contributed by atoms with E-state index in [1.165, 1.54) is 7.11 Å². The predicted octanol–water partition coefficient (Wildman–Crippen LogP) is 1.89. The third-order valence-corrected chi connectivity index (χ3v) is 8.58. The number of hydrogen-bond donors (Lipinski definition) is 1. The monoisotopic (exact) mass is 321 g/mol. The Balaban J connectivity index is 5.18. The zero-order valence-corrected chi connectivity index (χ0v) is 15.6. The zero-order valence-electron chi connectivity index (χ0n) is 14.6. The molecule has 0 fully saturated rings. The van der Waals surface area contributed by atoms with Gasteiger partial charge < -0.3 is 24.4 Å². The van der Waals surface area contributed by atoms with Crippen LogP contribution in [0.5, 0.6) is 0 Å². The highest BCUT2D eigenvalue weighted by atomic mass is 28.4. The van der Waals surface area contributed by atoms with Crippen molar-refractivity contribution in [2.75, 3.05) is 21.3 Å². The first-order valence-electron chi connectivity index (χ1n) is 7.07. The second kappa shape index (κ2) is 8.24. The maximum absolute atomic E-state index is 11.8. The molecule has 0 amide bonds. The van der Waals surface area contributed by atoms with Gasteiger partial charge in [0.15, 0.2) is 14.6 Å². The maximum atomic E-state index is 11.8. The molecule has 0 heterocycles. The molecule has 0 rings (SSSR count). The number of rotatable bonds is 8. The van der Waals surface area contributed by atoms with Gasteiger partial charge in [0, 0.05) is 20.6 Å². The van der Waals surface area contributed by atoms with Gasteiger partial charge in [0.2, 0.25) is 0 Å². The number of carbonyl (C=O) groups is 1.